The van der Waals surface area contributed by atoms with E-state index in [4.69, 9.17) is 9.47 Å². The quantitative estimate of drug-likeness (QED) is 0.342. The molecule has 7 heteroatoms. The van der Waals surface area contributed by atoms with Gasteiger partial charge in [0.2, 0.25) is 27.8 Å². The van der Waals surface area contributed by atoms with Crippen LogP contribution in [0.25, 0.3) is 0 Å². The van der Waals surface area contributed by atoms with Crippen LogP contribution in [0.1, 0.15) is 38.5 Å². The number of hydrogen-bond acceptors (Lipinski definition) is 4. The van der Waals surface area contributed by atoms with E-state index in [1.807, 2.05) is 27.5 Å². The predicted octanol–water partition coefficient (Wildman–Crippen LogP) is 1.66. The van der Waals surface area contributed by atoms with Crippen molar-refractivity contribution in [2.75, 3.05) is 13.7 Å². The molecular weight excluding hydrogens is 436 g/mol. The lowest BCUT2D eigenvalue weighted by Crippen LogP contribution is -2.63. The molecule has 0 aromatic rings. The van der Waals surface area contributed by atoms with E-state index >= 15 is 0 Å². The molecule has 1 aliphatic carbocycles. The van der Waals surface area contributed by atoms with Crippen LogP contribution in [0.15, 0.2) is 19.9 Å². The third-order valence-corrected chi connectivity index (χ3v) is 8.01. The summed E-state index contributed by atoms with van der Waals surface area (Å²) in [7, 11) is 1.62. The summed E-state index contributed by atoms with van der Waals surface area (Å²) in [5.41, 5.74) is -0.194. The van der Waals surface area contributed by atoms with E-state index in [2.05, 4.69) is 4.94 Å². The van der Waals surface area contributed by atoms with Crippen LogP contribution in [0.4, 0.5) is 0 Å². The Hall–Kier alpha value is -0.518. The lowest BCUT2D eigenvalue weighted by atomic mass is 9.72. The van der Waals surface area contributed by atoms with Gasteiger partial charge in [-0.15, -0.1) is 4.94 Å². The van der Waals surface area contributed by atoms with E-state index in [1.54, 1.807) is 7.11 Å². The smallest absolute Gasteiger partial charge is 0.349 e. The van der Waals surface area contributed by atoms with Crippen LogP contribution in [0.5, 0.6) is 0 Å². The number of rotatable bonds is 1. The third-order valence-electron chi connectivity index (χ3n) is 6.39. The molecule has 5 nitrogen and oxygen atoms in total. The van der Waals surface area contributed by atoms with Gasteiger partial charge >= 0.3 is 5.97 Å². The largest absolute Gasteiger partial charge is 0.495 e. The highest BCUT2D eigenvalue weighted by atomic mass is 127. The van der Waals surface area contributed by atoms with Gasteiger partial charge in [-0.1, -0.05) is 6.42 Å². The monoisotopic (exact) mass is 457 g/mol. The van der Waals surface area contributed by atoms with Crippen LogP contribution in [0.3, 0.4) is 0 Å². The lowest BCUT2D eigenvalue weighted by molar-refractivity contribution is -0.161. The minimum Gasteiger partial charge on any atom is -0.495 e. The fourth-order valence-electron chi connectivity index (χ4n) is 5.58. The maximum Gasteiger partial charge on any atom is 0.349 e. The number of amides is 1. The normalized spacial score (nSPS) is 40.2. The Kier molecular flexibility index (Phi) is 4.05. The molecule has 3 heterocycles. The van der Waals surface area contributed by atoms with Crippen molar-refractivity contribution in [2.45, 2.75) is 49.7 Å². The third kappa shape index (κ3) is 1.81. The minimum absolute atomic E-state index is 0.198. The van der Waals surface area contributed by atoms with Gasteiger partial charge in [-0.05, 0) is 59.8 Å². The molecular formula is C17H21AlINO4. The number of hydrogen-bond donors (Lipinski definition) is 0. The van der Waals surface area contributed by atoms with Gasteiger partial charge in [-0.3, -0.25) is 4.79 Å². The van der Waals surface area contributed by atoms with E-state index in [0.29, 0.717) is 21.7 Å². The molecule has 0 N–H and O–H groups in total. The van der Waals surface area contributed by atoms with Crippen molar-refractivity contribution in [2.24, 2.45) is 5.92 Å². The predicted molar refractivity (Wildman–Crippen MR) is 99.1 cm³/mol. The number of methoxy groups -OCH3 is 1. The van der Waals surface area contributed by atoms with Crippen molar-refractivity contribution >= 4 is 50.8 Å². The SMILES string of the molecule is COC1=C(I)C(=O)O[C@@]12/C(=[CH]/[AlH2])C[C@@H]1CCCCN3C(=O)CC[C@]132. The molecule has 1 amide bonds. The van der Waals surface area contributed by atoms with E-state index in [0.717, 1.165) is 60.5 Å². The first-order chi connectivity index (χ1) is 11.5. The maximum absolute atomic E-state index is 12.7. The summed E-state index contributed by atoms with van der Waals surface area (Å²) in [5, 5.41) is 0. The Balaban J connectivity index is 2.00. The van der Waals surface area contributed by atoms with Gasteiger partial charge in [0, 0.05) is 13.0 Å². The number of carbonyl (C=O) groups is 2. The molecule has 3 fully saturated rings. The van der Waals surface area contributed by atoms with Crippen LogP contribution < -0.4 is 0 Å². The molecule has 3 aliphatic heterocycles. The van der Waals surface area contributed by atoms with Crippen LogP contribution in [-0.2, 0) is 19.1 Å². The molecule has 0 aromatic carbocycles. The molecule has 24 heavy (non-hydrogen) atoms. The second-order valence-electron chi connectivity index (χ2n) is 7.10. The Bertz CT molecular complexity index is 690. The molecule has 3 atom stereocenters. The molecule has 0 aromatic heterocycles. The number of esters is 1. The fourth-order valence-corrected chi connectivity index (χ4v) is 6.93. The average Bonchev–Trinajstić information content (AvgIpc) is 3.07. The van der Waals surface area contributed by atoms with Gasteiger partial charge in [0.05, 0.1) is 12.6 Å². The number of nitrogens with zero attached hydrogens (tertiary/aromatic N) is 1. The molecule has 1 saturated carbocycles. The average molecular weight is 457 g/mol. The summed E-state index contributed by atoms with van der Waals surface area (Å²) in [6, 6.07) is 0. The van der Waals surface area contributed by atoms with E-state index < -0.39 is 11.1 Å². The van der Waals surface area contributed by atoms with Gasteiger partial charge in [0.15, 0.2) is 5.76 Å². The van der Waals surface area contributed by atoms with Gasteiger partial charge in [-0.25, -0.2) is 4.79 Å². The fraction of sp³-hybridized carbons (Fsp3) is 0.647. The molecule has 0 unspecified atom stereocenters. The minimum atomic E-state index is -0.891. The number of ether oxygens (including phenoxy) is 2. The highest BCUT2D eigenvalue weighted by Crippen LogP contribution is 2.64. The highest BCUT2D eigenvalue weighted by molar-refractivity contribution is 14.1. The second kappa shape index (κ2) is 5.75. The van der Waals surface area contributed by atoms with Crippen molar-refractivity contribution in [3.05, 3.63) is 19.9 Å². The number of halogens is 1. The molecule has 128 valence electrons. The molecule has 2 saturated heterocycles. The zero-order valence-electron chi connectivity index (χ0n) is 14.1. The number of carbonyl (C=O) groups excluding carboxylic acids is 2. The first-order valence-electron chi connectivity index (χ1n) is 8.66. The van der Waals surface area contributed by atoms with E-state index in [9.17, 15) is 9.59 Å². The Morgan fingerprint density at radius 2 is 2.21 bits per heavy atom. The Labute approximate surface area is 163 Å². The summed E-state index contributed by atoms with van der Waals surface area (Å²) in [6.45, 7) is 0.761. The van der Waals surface area contributed by atoms with E-state index in [1.165, 1.54) is 0 Å². The highest BCUT2D eigenvalue weighted by Gasteiger charge is 2.74. The molecule has 4 aliphatic rings. The van der Waals surface area contributed by atoms with Crippen molar-refractivity contribution in [3.8, 4) is 0 Å². The molecule has 0 radical (unpaired) electrons. The van der Waals surface area contributed by atoms with Crippen LogP contribution >= 0.6 is 22.6 Å². The zero-order chi connectivity index (χ0) is 17.1. The summed E-state index contributed by atoms with van der Waals surface area (Å²) >= 11 is 2.92. The topological polar surface area (TPSA) is 55.8 Å². The van der Waals surface area contributed by atoms with Crippen molar-refractivity contribution in [1.29, 1.82) is 0 Å². The molecule has 2 spiro atoms. The van der Waals surface area contributed by atoms with E-state index in [-0.39, 0.29) is 11.9 Å². The van der Waals surface area contributed by atoms with Crippen molar-refractivity contribution < 1.29 is 19.1 Å². The van der Waals surface area contributed by atoms with Gasteiger partial charge in [-0.2, -0.15) is 0 Å². The summed E-state index contributed by atoms with van der Waals surface area (Å²) < 4.78 is 12.4. The molecule has 4 rings (SSSR count). The Morgan fingerprint density at radius 3 is 2.92 bits per heavy atom. The van der Waals surface area contributed by atoms with Crippen LogP contribution in [0.2, 0.25) is 0 Å². The van der Waals surface area contributed by atoms with Gasteiger partial charge < -0.3 is 14.4 Å². The summed E-state index contributed by atoms with van der Waals surface area (Å²) in [5.74, 6) is 0.850. The summed E-state index contributed by atoms with van der Waals surface area (Å²) in [6.07, 6.45) is 5.42. The van der Waals surface area contributed by atoms with Crippen LogP contribution in [-0.4, -0.2) is 57.9 Å². The van der Waals surface area contributed by atoms with Crippen molar-refractivity contribution in [1.82, 2.24) is 4.90 Å². The summed E-state index contributed by atoms with van der Waals surface area (Å²) in [4.78, 5) is 29.5. The first-order valence-corrected chi connectivity index (χ1v) is 10.9. The Morgan fingerprint density at radius 1 is 1.42 bits per heavy atom. The second-order valence-corrected chi connectivity index (χ2v) is 8.75. The van der Waals surface area contributed by atoms with Gasteiger partial charge in [0.1, 0.15) is 3.58 Å². The lowest BCUT2D eigenvalue weighted by Gasteiger charge is -2.48. The first kappa shape index (κ1) is 16.9. The zero-order valence-corrected chi connectivity index (χ0v) is 18.2. The standard InChI is InChI=1S/C17H19INO4.Al.2H/c1-10-9-11-5-3-4-8-19-12(20)6-7-16(11,19)17(10)14(22-2)13(18)15(21)23-17;;;/h1,11H,3-9H2,2H3;;;/t11-,16+,17-;;;/m0.../s1. The van der Waals surface area contributed by atoms with Crippen LogP contribution in [0, 0.1) is 5.92 Å². The molecule has 0 bridgehead atoms. The van der Waals surface area contributed by atoms with Gasteiger partial charge in [0.25, 0.3) is 0 Å². The maximum atomic E-state index is 12.7. The van der Waals surface area contributed by atoms with Crippen molar-refractivity contribution in [3.63, 3.8) is 0 Å².